The first-order chi connectivity index (χ1) is 10.2. The molecule has 0 aromatic carbocycles. The van der Waals surface area contributed by atoms with E-state index in [-0.39, 0.29) is 5.75 Å². The fourth-order valence-electron chi connectivity index (χ4n) is 3.20. The number of carboxylic acid groups (broad SMARTS) is 1. The number of imidazole rings is 1. The van der Waals surface area contributed by atoms with Crippen molar-refractivity contribution in [3.63, 3.8) is 0 Å². The minimum atomic E-state index is -0.815. The van der Waals surface area contributed by atoms with Gasteiger partial charge in [-0.3, -0.25) is 9.78 Å². The van der Waals surface area contributed by atoms with Crippen molar-refractivity contribution in [3.05, 3.63) is 18.5 Å². The van der Waals surface area contributed by atoms with Crippen LogP contribution in [0.3, 0.4) is 0 Å². The predicted molar refractivity (Wildman–Crippen MR) is 82.6 cm³/mol. The van der Waals surface area contributed by atoms with Crippen LogP contribution in [0.2, 0.25) is 0 Å². The van der Waals surface area contributed by atoms with Crippen molar-refractivity contribution >= 4 is 28.8 Å². The zero-order valence-corrected chi connectivity index (χ0v) is 12.8. The number of hydrogen-bond donors (Lipinski definition) is 1. The molecule has 2 aromatic heterocycles. The molecule has 1 aliphatic rings. The third-order valence-corrected chi connectivity index (χ3v) is 5.21. The SMILES string of the molecule is CC(C1CCCC1)n1c(SCC(=O)O)nc2cnccc21. The highest BCUT2D eigenvalue weighted by molar-refractivity contribution is 7.99. The van der Waals surface area contributed by atoms with E-state index < -0.39 is 5.97 Å². The predicted octanol–water partition coefficient (Wildman–Crippen LogP) is 3.36. The highest BCUT2D eigenvalue weighted by Crippen LogP contribution is 2.38. The van der Waals surface area contributed by atoms with Crippen LogP contribution in [-0.2, 0) is 4.79 Å². The third kappa shape index (κ3) is 2.90. The van der Waals surface area contributed by atoms with Gasteiger partial charge in [-0.25, -0.2) is 4.98 Å². The summed E-state index contributed by atoms with van der Waals surface area (Å²) in [5, 5.41) is 9.71. The molecule has 1 N–H and O–H groups in total. The summed E-state index contributed by atoms with van der Waals surface area (Å²) in [4.78, 5) is 19.6. The average Bonchev–Trinajstić information content (AvgIpc) is 3.11. The Hall–Kier alpha value is -1.56. The van der Waals surface area contributed by atoms with Gasteiger partial charge in [-0.2, -0.15) is 0 Å². The molecule has 6 heteroatoms. The zero-order chi connectivity index (χ0) is 14.8. The summed E-state index contributed by atoms with van der Waals surface area (Å²) in [6.07, 6.45) is 8.59. The average molecular weight is 305 g/mol. The molecule has 112 valence electrons. The molecule has 0 saturated heterocycles. The van der Waals surface area contributed by atoms with E-state index in [1.165, 1.54) is 37.4 Å². The van der Waals surface area contributed by atoms with Crippen molar-refractivity contribution in [2.45, 2.75) is 43.8 Å². The molecule has 0 spiro atoms. The summed E-state index contributed by atoms with van der Waals surface area (Å²) in [6, 6.07) is 2.31. The van der Waals surface area contributed by atoms with E-state index in [4.69, 9.17) is 5.11 Å². The van der Waals surface area contributed by atoms with Crippen LogP contribution in [0.5, 0.6) is 0 Å². The van der Waals surface area contributed by atoms with Crippen LogP contribution in [-0.4, -0.2) is 31.4 Å². The van der Waals surface area contributed by atoms with Gasteiger partial charge in [0.1, 0.15) is 5.52 Å². The van der Waals surface area contributed by atoms with E-state index >= 15 is 0 Å². The summed E-state index contributed by atoms with van der Waals surface area (Å²) >= 11 is 1.29. The van der Waals surface area contributed by atoms with Gasteiger partial charge in [-0.1, -0.05) is 24.6 Å². The Morgan fingerprint density at radius 2 is 2.29 bits per heavy atom. The molecule has 1 fully saturated rings. The van der Waals surface area contributed by atoms with Crippen LogP contribution in [0.25, 0.3) is 11.0 Å². The first-order valence-electron chi connectivity index (χ1n) is 7.33. The molecule has 1 saturated carbocycles. The number of fused-ring (bicyclic) bond motifs is 1. The second-order valence-electron chi connectivity index (χ2n) is 5.60. The van der Waals surface area contributed by atoms with Gasteiger partial charge in [0.15, 0.2) is 5.16 Å². The van der Waals surface area contributed by atoms with Crippen molar-refractivity contribution in [2.75, 3.05) is 5.75 Å². The van der Waals surface area contributed by atoms with Crippen LogP contribution in [0.15, 0.2) is 23.6 Å². The van der Waals surface area contributed by atoms with Crippen molar-refractivity contribution in [3.8, 4) is 0 Å². The molecule has 21 heavy (non-hydrogen) atoms. The molecule has 1 unspecified atom stereocenters. The molecule has 5 nitrogen and oxygen atoms in total. The number of hydrogen-bond acceptors (Lipinski definition) is 4. The Labute approximate surface area is 127 Å². The normalized spacial score (nSPS) is 17.4. The van der Waals surface area contributed by atoms with Gasteiger partial charge in [0.2, 0.25) is 0 Å². The molecule has 2 heterocycles. The molecule has 3 rings (SSSR count). The number of rotatable bonds is 5. The second kappa shape index (κ2) is 6.05. The number of carbonyl (C=O) groups is 1. The summed E-state index contributed by atoms with van der Waals surface area (Å²) in [5.41, 5.74) is 1.90. The number of carboxylic acids is 1. The van der Waals surface area contributed by atoms with Gasteiger partial charge in [0.25, 0.3) is 0 Å². The number of thioether (sulfide) groups is 1. The van der Waals surface area contributed by atoms with Gasteiger partial charge in [-0.15, -0.1) is 0 Å². The lowest BCUT2D eigenvalue weighted by atomic mass is 9.99. The van der Waals surface area contributed by atoms with Crippen molar-refractivity contribution < 1.29 is 9.90 Å². The topological polar surface area (TPSA) is 68.0 Å². The number of pyridine rings is 1. The molecular formula is C15H19N3O2S. The Morgan fingerprint density at radius 1 is 1.52 bits per heavy atom. The Kier molecular flexibility index (Phi) is 4.14. The highest BCUT2D eigenvalue weighted by Gasteiger charge is 2.26. The molecule has 0 bridgehead atoms. The zero-order valence-electron chi connectivity index (χ0n) is 12.0. The van der Waals surface area contributed by atoms with Gasteiger partial charge in [0.05, 0.1) is 17.5 Å². The standard InChI is InChI=1S/C15H19N3O2S/c1-10(11-4-2-3-5-11)18-13-6-7-16-8-12(13)17-15(18)21-9-14(19)20/h6-8,10-11H,2-5,9H2,1H3,(H,19,20). The van der Waals surface area contributed by atoms with Crippen molar-refractivity contribution in [1.29, 1.82) is 0 Å². The lowest BCUT2D eigenvalue weighted by Gasteiger charge is -2.23. The molecule has 1 atom stereocenters. The van der Waals surface area contributed by atoms with E-state index in [0.717, 1.165) is 16.2 Å². The van der Waals surface area contributed by atoms with Gasteiger partial charge in [-0.05, 0) is 31.7 Å². The van der Waals surface area contributed by atoms with Crippen LogP contribution >= 0.6 is 11.8 Å². The van der Waals surface area contributed by atoms with Crippen LogP contribution in [0.1, 0.15) is 38.6 Å². The first-order valence-corrected chi connectivity index (χ1v) is 8.32. The van der Waals surface area contributed by atoms with Crippen LogP contribution < -0.4 is 0 Å². The molecular weight excluding hydrogens is 286 g/mol. The van der Waals surface area contributed by atoms with E-state index in [9.17, 15) is 4.79 Å². The third-order valence-electron chi connectivity index (χ3n) is 4.27. The van der Waals surface area contributed by atoms with E-state index in [2.05, 4.69) is 21.5 Å². The highest BCUT2D eigenvalue weighted by atomic mass is 32.2. The summed E-state index contributed by atoms with van der Waals surface area (Å²) < 4.78 is 2.21. The summed E-state index contributed by atoms with van der Waals surface area (Å²) in [7, 11) is 0. The van der Waals surface area contributed by atoms with Gasteiger partial charge >= 0.3 is 5.97 Å². The minimum Gasteiger partial charge on any atom is -0.481 e. The summed E-state index contributed by atoms with van der Waals surface area (Å²) in [5.74, 6) is -0.126. The Balaban J connectivity index is 1.99. The molecule has 2 aromatic rings. The molecule has 0 radical (unpaired) electrons. The Morgan fingerprint density at radius 3 is 3.00 bits per heavy atom. The molecule has 0 amide bonds. The Bertz CT molecular complexity index is 649. The maximum atomic E-state index is 10.9. The quantitative estimate of drug-likeness (QED) is 0.858. The largest absolute Gasteiger partial charge is 0.481 e. The van der Waals surface area contributed by atoms with Crippen LogP contribution in [0, 0.1) is 5.92 Å². The smallest absolute Gasteiger partial charge is 0.313 e. The van der Waals surface area contributed by atoms with Crippen molar-refractivity contribution in [1.82, 2.24) is 14.5 Å². The minimum absolute atomic E-state index is 0.0359. The van der Waals surface area contributed by atoms with E-state index in [1.54, 1.807) is 12.4 Å². The van der Waals surface area contributed by atoms with E-state index in [0.29, 0.717) is 12.0 Å². The maximum absolute atomic E-state index is 10.9. The monoisotopic (exact) mass is 305 g/mol. The fraction of sp³-hybridized carbons (Fsp3) is 0.533. The summed E-state index contributed by atoms with van der Waals surface area (Å²) in [6.45, 7) is 2.22. The lowest BCUT2D eigenvalue weighted by molar-refractivity contribution is -0.133. The van der Waals surface area contributed by atoms with Crippen molar-refractivity contribution in [2.24, 2.45) is 5.92 Å². The van der Waals surface area contributed by atoms with Gasteiger partial charge < -0.3 is 9.67 Å². The molecule has 0 aliphatic heterocycles. The maximum Gasteiger partial charge on any atom is 0.313 e. The van der Waals surface area contributed by atoms with E-state index in [1.807, 2.05) is 6.07 Å². The first kappa shape index (κ1) is 14.4. The second-order valence-corrected chi connectivity index (χ2v) is 6.54. The number of aliphatic carboxylic acids is 1. The fourth-order valence-corrected chi connectivity index (χ4v) is 4.02. The van der Waals surface area contributed by atoms with Gasteiger partial charge in [0, 0.05) is 12.2 Å². The lowest BCUT2D eigenvalue weighted by Crippen LogP contribution is -2.15. The van der Waals surface area contributed by atoms with Crippen LogP contribution in [0.4, 0.5) is 0 Å². The molecule has 1 aliphatic carbocycles. The number of nitrogens with zero attached hydrogens (tertiary/aromatic N) is 3. The number of aromatic nitrogens is 3.